The lowest BCUT2D eigenvalue weighted by molar-refractivity contribution is -0.140. The summed E-state index contributed by atoms with van der Waals surface area (Å²) in [5.74, 6) is -1.93. The van der Waals surface area contributed by atoms with E-state index in [2.05, 4.69) is 10.6 Å². The highest BCUT2D eigenvalue weighted by atomic mass is 32.1. The van der Waals surface area contributed by atoms with Gasteiger partial charge in [-0.15, -0.1) is 11.3 Å². The summed E-state index contributed by atoms with van der Waals surface area (Å²) < 4.78 is 4.71. The number of carbonyl (C=O) groups excluding carboxylic acids is 2. The standard InChI is InChI=1S/C11H14N2O5S/c1-6(14)12-9-4-3-8(19-9)10(15)13-7(5-18-2)11(16)17/h3-4,7H,5H2,1-2H3,(H,12,14)(H,13,15)(H,16,17). The molecule has 104 valence electrons. The Balaban J connectivity index is 2.69. The third-order valence-corrected chi connectivity index (χ3v) is 3.07. The van der Waals surface area contributed by atoms with E-state index in [0.717, 1.165) is 11.3 Å². The third kappa shape index (κ3) is 4.68. The van der Waals surface area contributed by atoms with Gasteiger partial charge in [0.2, 0.25) is 5.91 Å². The average molecular weight is 286 g/mol. The summed E-state index contributed by atoms with van der Waals surface area (Å²) in [7, 11) is 1.35. The minimum atomic E-state index is -1.17. The second-order valence-corrected chi connectivity index (χ2v) is 4.75. The second-order valence-electron chi connectivity index (χ2n) is 3.66. The van der Waals surface area contributed by atoms with Crippen molar-refractivity contribution < 1.29 is 24.2 Å². The fourth-order valence-electron chi connectivity index (χ4n) is 1.27. The first-order valence-corrected chi connectivity index (χ1v) is 6.15. The maximum atomic E-state index is 11.8. The van der Waals surface area contributed by atoms with Gasteiger partial charge in [-0.1, -0.05) is 0 Å². The number of ether oxygens (including phenoxy) is 1. The SMILES string of the molecule is COCC(NC(=O)c1ccc(NC(C)=O)s1)C(=O)O. The molecule has 0 fully saturated rings. The zero-order valence-electron chi connectivity index (χ0n) is 10.4. The molecular formula is C11H14N2O5S. The summed E-state index contributed by atoms with van der Waals surface area (Å²) in [5.41, 5.74) is 0. The van der Waals surface area contributed by atoms with E-state index in [0.29, 0.717) is 9.88 Å². The van der Waals surface area contributed by atoms with Crippen molar-refractivity contribution in [3.63, 3.8) is 0 Å². The Bertz CT molecular complexity index is 485. The zero-order valence-corrected chi connectivity index (χ0v) is 11.2. The Morgan fingerprint density at radius 2 is 2.11 bits per heavy atom. The maximum absolute atomic E-state index is 11.8. The first-order chi connectivity index (χ1) is 8.93. The normalized spacial score (nSPS) is 11.7. The number of carboxylic acid groups (broad SMARTS) is 1. The van der Waals surface area contributed by atoms with Gasteiger partial charge in [-0.05, 0) is 12.1 Å². The Hall–Kier alpha value is -1.93. The van der Waals surface area contributed by atoms with Crippen LogP contribution in [-0.4, -0.2) is 42.6 Å². The van der Waals surface area contributed by atoms with Crippen molar-refractivity contribution in [3.8, 4) is 0 Å². The van der Waals surface area contributed by atoms with Crippen LogP contribution in [-0.2, 0) is 14.3 Å². The van der Waals surface area contributed by atoms with E-state index in [1.807, 2.05) is 0 Å². The van der Waals surface area contributed by atoms with Gasteiger partial charge >= 0.3 is 5.97 Å². The highest BCUT2D eigenvalue weighted by Gasteiger charge is 2.21. The number of hydrogen-bond donors (Lipinski definition) is 3. The number of amides is 2. The van der Waals surface area contributed by atoms with Crippen LogP contribution < -0.4 is 10.6 Å². The minimum absolute atomic E-state index is 0.120. The molecule has 0 bridgehead atoms. The first-order valence-electron chi connectivity index (χ1n) is 5.34. The fourth-order valence-corrected chi connectivity index (χ4v) is 2.13. The second kappa shape index (κ2) is 6.86. The topological polar surface area (TPSA) is 105 Å². The highest BCUT2D eigenvalue weighted by molar-refractivity contribution is 7.18. The lowest BCUT2D eigenvalue weighted by Gasteiger charge is -2.12. The van der Waals surface area contributed by atoms with E-state index in [4.69, 9.17) is 9.84 Å². The van der Waals surface area contributed by atoms with Crippen LogP contribution in [0.25, 0.3) is 0 Å². The number of hydrogen-bond acceptors (Lipinski definition) is 5. The lowest BCUT2D eigenvalue weighted by Crippen LogP contribution is -2.43. The molecule has 1 aromatic heterocycles. The van der Waals surface area contributed by atoms with Gasteiger partial charge in [0.15, 0.2) is 6.04 Å². The van der Waals surface area contributed by atoms with Crippen LogP contribution in [0.3, 0.4) is 0 Å². The molecular weight excluding hydrogens is 272 g/mol. The van der Waals surface area contributed by atoms with Gasteiger partial charge in [0, 0.05) is 14.0 Å². The van der Waals surface area contributed by atoms with Crippen LogP contribution in [0.15, 0.2) is 12.1 Å². The molecule has 1 atom stereocenters. The number of carbonyl (C=O) groups is 3. The van der Waals surface area contributed by atoms with Crippen molar-refractivity contribution in [2.75, 3.05) is 19.0 Å². The maximum Gasteiger partial charge on any atom is 0.328 e. The molecule has 1 unspecified atom stereocenters. The number of aliphatic carboxylic acids is 1. The van der Waals surface area contributed by atoms with Crippen molar-refractivity contribution >= 4 is 34.1 Å². The first kappa shape index (κ1) is 15.1. The van der Waals surface area contributed by atoms with Crippen molar-refractivity contribution in [2.45, 2.75) is 13.0 Å². The summed E-state index contributed by atoms with van der Waals surface area (Å²) in [6.07, 6.45) is 0. The molecule has 0 radical (unpaired) electrons. The van der Waals surface area contributed by atoms with E-state index < -0.39 is 17.9 Å². The molecule has 2 amide bonds. The minimum Gasteiger partial charge on any atom is -0.480 e. The molecule has 0 saturated carbocycles. The van der Waals surface area contributed by atoms with Gasteiger partial charge in [0.25, 0.3) is 5.91 Å². The molecule has 0 spiro atoms. The molecule has 1 heterocycles. The van der Waals surface area contributed by atoms with Gasteiger partial charge in [-0.2, -0.15) is 0 Å². The van der Waals surface area contributed by atoms with Crippen molar-refractivity contribution in [2.24, 2.45) is 0 Å². The van der Waals surface area contributed by atoms with Crippen LogP contribution in [0.1, 0.15) is 16.6 Å². The van der Waals surface area contributed by atoms with Gasteiger partial charge in [-0.3, -0.25) is 9.59 Å². The largest absolute Gasteiger partial charge is 0.480 e. The van der Waals surface area contributed by atoms with Gasteiger partial charge in [0.1, 0.15) is 0 Å². The fraction of sp³-hybridized carbons (Fsp3) is 0.364. The van der Waals surface area contributed by atoms with Crippen LogP contribution in [0.2, 0.25) is 0 Å². The van der Waals surface area contributed by atoms with E-state index in [1.165, 1.54) is 20.1 Å². The predicted octanol–water partition coefficient (Wildman–Crippen LogP) is 0.536. The van der Waals surface area contributed by atoms with E-state index in [9.17, 15) is 14.4 Å². The number of carboxylic acids is 1. The molecule has 19 heavy (non-hydrogen) atoms. The van der Waals surface area contributed by atoms with Crippen molar-refractivity contribution in [1.29, 1.82) is 0 Å². The molecule has 0 aliphatic carbocycles. The van der Waals surface area contributed by atoms with Crippen LogP contribution in [0.5, 0.6) is 0 Å². The predicted molar refractivity (Wildman–Crippen MR) is 69.4 cm³/mol. The summed E-state index contributed by atoms with van der Waals surface area (Å²) in [4.78, 5) is 33.8. The Labute approximate surface area is 113 Å². The molecule has 8 heteroatoms. The Kier molecular flexibility index (Phi) is 5.46. The molecule has 3 N–H and O–H groups in total. The van der Waals surface area contributed by atoms with Gasteiger partial charge in [0.05, 0.1) is 16.5 Å². The average Bonchev–Trinajstić information content (AvgIpc) is 2.75. The molecule has 7 nitrogen and oxygen atoms in total. The van der Waals surface area contributed by atoms with Crippen molar-refractivity contribution in [3.05, 3.63) is 17.0 Å². The zero-order chi connectivity index (χ0) is 14.4. The number of rotatable bonds is 6. The quantitative estimate of drug-likeness (QED) is 0.707. The molecule has 0 aliphatic heterocycles. The molecule has 1 aromatic rings. The summed E-state index contributed by atoms with van der Waals surface area (Å²) >= 11 is 1.06. The van der Waals surface area contributed by atoms with E-state index >= 15 is 0 Å². The van der Waals surface area contributed by atoms with Crippen LogP contribution in [0, 0.1) is 0 Å². The third-order valence-electron chi connectivity index (χ3n) is 2.07. The summed E-state index contributed by atoms with van der Waals surface area (Å²) in [5, 5.41) is 14.3. The van der Waals surface area contributed by atoms with Crippen LogP contribution in [0.4, 0.5) is 5.00 Å². The smallest absolute Gasteiger partial charge is 0.328 e. The summed E-state index contributed by atoms with van der Waals surface area (Å²) in [6, 6.07) is 1.98. The van der Waals surface area contributed by atoms with E-state index in [1.54, 1.807) is 6.07 Å². The number of methoxy groups -OCH3 is 1. The van der Waals surface area contributed by atoms with Gasteiger partial charge in [-0.25, -0.2) is 4.79 Å². The summed E-state index contributed by atoms with van der Waals surface area (Å²) in [6.45, 7) is 1.24. The molecule has 1 rings (SSSR count). The van der Waals surface area contributed by atoms with E-state index in [-0.39, 0.29) is 12.5 Å². The molecule has 0 aliphatic rings. The highest BCUT2D eigenvalue weighted by Crippen LogP contribution is 2.21. The Morgan fingerprint density at radius 3 is 2.63 bits per heavy atom. The number of thiophene rings is 1. The lowest BCUT2D eigenvalue weighted by atomic mass is 10.3. The van der Waals surface area contributed by atoms with Crippen LogP contribution >= 0.6 is 11.3 Å². The molecule has 0 saturated heterocycles. The Morgan fingerprint density at radius 1 is 1.42 bits per heavy atom. The number of nitrogens with one attached hydrogen (secondary N) is 2. The van der Waals surface area contributed by atoms with Gasteiger partial charge < -0.3 is 20.5 Å². The number of anilines is 1. The monoisotopic (exact) mass is 286 g/mol. The van der Waals surface area contributed by atoms with Crippen molar-refractivity contribution in [1.82, 2.24) is 5.32 Å². The molecule has 0 aromatic carbocycles.